The molecule has 1 aromatic carbocycles. The fourth-order valence-electron chi connectivity index (χ4n) is 3.25. The zero-order valence-corrected chi connectivity index (χ0v) is 10.1. The normalized spacial score (nSPS) is 19.6. The third kappa shape index (κ3) is 2.14. The fourth-order valence-corrected chi connectivity index (χ4v) is 3.25. The maximum atomic E-state index is 13.9. The molecule has 0 heterocycles. The molecule has 0 unspecified atom stereocenters. The van der Waals surface area contributed by atoms with Crippen molar-refractivity contribution < 1.29 is 4.39 Å². The van der Waals surface area contributed by atoms with Crippen molar-refractivity contribution in [2.75, 3.05) is 0 Å². The minimum absolute atomic E-state index is 0.00199. The Hall–Kier alpha value is -0.850. The van der Waals surface area contributed by atoms with Crippen LogP contribution in [0.3, 0.4) is 0 Å². The summed E-state index contributed by atoms with van der Waals surface area (Å²) >= 11 is 0. The van der Waals surface area contributed by atoms with Gasteiger partial charge in [-0.2, -0.15) is 0 Å². The molecule has 1 heteroatoms. The summed E-state index contributed by atoms with van der Waals surface area (Å²) < 4.78 is 13.9. The molecular formula is C15H21F. The first-order chi connectivity index (χ1) is 7.78. The van der Waals surface area contributed by atoms with Crippen molar-refractivity contribution in [3.8, 4) is 0 Å². The summed E-state index contributed by atoms with van der Waals surface area (Å²) in [6.45, 7) is 2.21. The molecule has 1 aromatic rings. The van der Waals surface area contributed by atoms with Gasteiger partial charge in [-0.25, -0.2) is 4.39 Å². The Balaban J connectivity index is 2.34. The van der Waals surface area contributed by atoms with E-state index in [1.807, 2.05) is 12.1 Å². The molecule has 1 fully saturated rings. The molecule has 0 radical (unpaired) electrons. The van der Waals surface area contributed by atoms with Gasteiger partial charge in [0.15, 0.2) is 0 Å². The van der Waals surface area contributed by atoms with Gasteiger partial charge in [0.1, 0.15) is 5.82 Å². The highest BCUT2D eigenvalue weighted by atomic mass is 19.1. The van der Waals surface area contributed by atoms with E-state index in [4.69, 9.17) is 0 Å². The van der Waals surface area contributed by atoms with Crippen LogP contribution in [-0.2, 0) is 5.41 Å². The molecule has 0 aliphatic heterocycles. The van der Waals surface area contributed by atoms with Crippen LogP contribution in [0.25, 0.3) is 0 Å². The van der Waals surface area contributed by atoms with Gasteiger partial charge in [-0.1, -0.05) is 50.8 Å². The van der Waals surface area contributed by atoms with Crippen molar-refractivity contribution in [3.63, 3.8) is 0 Å². The lowest BCUT2D eigenvalue weighted by molar-refractivity contribution is 0.263. The van der Waals surface area contributed by atoms with Crippen LogP contribution in [0.2, 0.25) is 0 Å². The Kier molecular flexibility index (Phi) is 3.63. The van der Waals surface area contributed by atoms with Gasteiger partial charge >= 0.3 is 0 Å². The van der Waals surface area contributed by atoms with Crippen molar-refractivity contribution in [1.82, 2.24) is 0 Å². The molecule has 0 nitrogen and oxygen atoms in total. The van der Waals surface area contributed by atoms with E-state index in [0.717, 1.165) is 18.4 Å². The Morgan fingerprint density at radius 2 is 1.81 bits per heavy atom. The average molecular weight is 220 g/mol. The lowest BCUT2D eigenvalue weighted by Gasteiger charge is -2.38. The van der Waals surface area contributed by atoms with Gasteiger partial charge in [0, 0.05) is 0 Å². The third-order valence-electron chi connectivity index (χ3n) is 3.98. The van der Waals surface area contributed by atoms with Gasteiger partial charge in [-0.3, -0.25) is 0 Å². The van der Waals surface area contributed by atoms with Crippen molar-refractivity contribution in [2.24, 2.45) is 0 Å². The molecular weight excluding hydrogens is 199 g/mol. The van der Waals surface area contributed by atoms with Crippen LogP contribution < -0.4 is 0 Å². The number of hydrogen-bond donors (Lipinski definition) is 0. The summed E-state index contributed by atoms with van der Waals surface area (Å²) in [5.41, 5.74) is 1.11. The van der Waals surface area contributed by atoms with Crippen LogP contribution in [0.1, 0.15) is 57.4 Å². The predicted octanol–water partition coefficient (Wildman–Crippen LogP) is 4.83. The predicted molar refractivity (Wildman–Crippen MR) is 66.1 cm³/mol. The van der Waals surface area contributed by atoms with E-state index in [1.54, 1.807) is 12.1 Å². The Morgan fingerprint density at radius 1 is 1.12 bits per heavy atom. The molecule has 88 valence electrons. The third-order valence-corrected chi connectivity index (χ3v) is 3.98. The first kappa shape index (κ1) is 11.6. The molecule has 16 heavy (non-hydrogen) atoms. The number of halogens is 1. The smallest absolute Gasteiger partial charge is 0.126 e. The minimum Gasteiger partial charge on any atom is -0.207 e. The summed E-state index contributed by atoms with van der Waals surface area (Å²) in [5.74, 6) is -0.00199. The summed E-state index contributed by atoms with van der Waals surface area (Å²) in [6, 6.07) is 7.38. The molecule has 1 saturated carbocycles. The largest absolute Gasteiger partial charge is 0.207 e. The highest BCUT2D eigenvalue weighted by molar-refractivity contribution is 5.27. The fraction of sp³-hybridized carbons (Fsp3) is 0.600. The van der Waals surface area contributed by atoms with E-state index in [1.165, 1.54) is 32.1 Å². The Bertz CT molecular complexity index is 332. The lowest BCUT2D eigenvalue weighted by Crippen LogP contribution is -2.30. The highest BCUT2D eigenvalue weighted by Crippen LogP contribution is 2.43. The Labute approximate surface area is 97.9 Å². The zero-order chi connectivity index (χ0) is 11.4. The summed E-state index contributed by atoms with van der Waals surface area (Å²) in [7, 11) is 0. The van der Waals surface area contributed by atoms with Gasteiger partial charge in [-0.05, 0) is 36.3 Å². The summed E-state index contributed by atoms with van der Waals surface area (Å²) in [5, 5.41) is 0. The zero-order valence-electron chi connectivity index (χ0n) is 10.1. The maximum Gasteiger partial charge on any atom is 0.126 e. The molecule has 1 aliphatic rings. The molecule has 2 rings (SSSR count). The quantitative estimate of drug-likeness (QED) is 0.684. The van der Waals surface area contributed by atoms with Crippen LogP contribution in [0, 0.1) is 5.82 Å². The average Bonchev–Trinajstić information content (AvgIpc) is 2.31. The van der Waals surface area contributed by atoms with Crippen LogP contribution >= 0.6 is 0 Å². The van der Waals surface area contributed by atoms with E-state index in [0.29, 0.717) is 0 Å². The van der Waals surface area contributed by atoms with E-state index in [2.05, 4.69) is 6.92 Å². The van der Waals surface area contributed by atoms with Crippen molar-refractivity contribution in [3.05, 3.63) is 35.6 Å². The number of hydrogen-bond acceptors (Lipinski definition) is 0. The van der Waals surface area contributed by atoms with E-state index in [-0.39, 0.29) is 11.2 Å². The molecule has 0 bridgehead atoms. The molecule has 0 amide bonds. The van der Waals surface area contributed by atoms with Gasteiger partial charge in [0.2, 0.25) is 0 Å². The van der Waals surface area contributed by atoms with Crippen LogP contribution in [0.4, 0.5) is 4.39 Å². The SMILES string of the molecule is CCCC1(c2ccccc2F)CCCCC1. The lowest BCUT2D eigenvalue weighted by atomic mass is 9.67. The monoisotopic (exact) mass is 220 g/mol. The molecule has 0 aromatic heterocycles. The first-order valence-corrected chi connectivity index (χ1v) is 6.53. The Morgan fingerprint density at radius 3 is 2.44 bits per heavy atom. The number of benzene rings is 1. The van der Waals surface area contributed by atoms with Crippen LogP contribution in [-0.4, -0.2) is 0 Å². The first-order valence-electron chi connectivity index (χ1n) is 6.53. The van der Waals surface area contributed by atoms with E-state index in [9.17, 15) is 4.39 Å². The topological polar surface area (TPSA) is 0 Å². The van der Waals surface area contributed by atoms with Crippen molar-refractivity contribution in [1.29, 1.82) is 0 Å². The molecule has 0 saturated heterocycles. The van der Waals surface area contributed by atoms with Crippen LogP contribution in [0.15, 0.2) is 24.3 Å². The minimum atomic E-state index is -0.00199. The van der Waals surface area contributed by atoms with E-state index >= 15 is 0 Å². The van der Waals surface area contributed by atoms with E-state index < -0.39 is 0 Å². The second kappa shape index (κ2) is 4.99. The molecule has 0 atom stereocenters. The highest BCUT2D eigenvalue weighted by Gasteiger charge is 2.34. The second-order valence-electron chi connectivity index (χ2n) is 5.07. The van der Waals surface area contributed by atoms with Gasteiger partial charge in [0.25, 0.3) is 0 Å². The molecule has 0 N–H and O–H groups in total. The maximum absolute atomic E-state index is 13.9. The molecule has 1 aliphatic carbocycles. The summed E-state index contributed by atoms with van der Waals surface area (Å²) in [6.07, 6.45) is 8.45. The van der Waals surface area contributed by atoms with Gasteiger partial charge < -0.3 is 0 Å². The summed E-state index contributed by atoms with van der Waals surface area (Å²) in [4.78, 5) is 0. The van der Waals surface area contributed by atoms with Gasteiger partial charge in [-0.15, -0.1) is 0 Å². The molecule has 0 spiro atoms. The van der Waals surface area contributed by atoms with Crippen molar-refractivity contribution >= 4 is 0 Å². The van der Waals surface area contributed by atoms with Crippen molar-refractivity contribution in [2.45, 2.75) is 57.3 Å². The van der Waals surface area contributed by atoms with Gasteiger partial charge in [0.05, 0.1) is 0 Å². The second-order valence-corrected chi connectivity index (χ2v) is 5.07. The van der Waals surface area contributed by atoms with Crippen LogP contribution in [0.5, 0.6) is 0 Å². The number of rotatable bonds is 3. The standard InChI is InChI=1S/C15H21F/c1-2-10-15(11-6-3-7-12-15)13-8-4-5-9-14(13)16/h4-5,8-9H,2-3,6-7,10-12H2,1H3.